The molecule has 1 N–H and O–H groups in total. The SMILES string of the molecule is CC(C)(C)COCCCS(=O)(=O)NC(c1cccc(OCC2CC2)c1)C1CC1. The third-order valence-electron chi connectivity index (χ3n) is 5.04. The fourth-order valence-electron chi connectivity index (χ4n) is 3.14. The number of sulfonamides is 1. The van der Waals surface area contributed by atoms with Crippen LogP contribution in [0.1, 0.15) is 64.5 Å². The molecule has 0 saturated heterocycles. The van der Waals surface area contributed by atoms with Crippen LogP contribution in [0.4, 0.5) is 0 Å². The summed E-state index contributed by atoms with van der Waals surface area (Å²) in [5.41, 5.74) is 1.10. The van der Waals surface area contributed by atoms with Gasteiger partial charge in [0.05, 0.1) is 19.0 Å². The molecule has 2 aliphatic rings. The molecule has 0 radical (unpaired) electrons. The van der Waals surface area contributed by atoms with Gasteiger partial charge in [-0.15, -0.1) is 0 Å². The van der Waals surface area contributed by atoms with E-state index in [0.717, 1.165) is 30.8 Å². The first kappa shape index (κ1) is 21.6. The van der Waals surface area contributed by atoms with Gasteiger partial charge in [0.15, 0.2) is 0 Å². The molecule has 1 aromatic rings. The van der Waals surface area contributed by atoms with Crippen molar-refractivity contribution in [2.24, 2.45) is 17.3 Å². The zero-order valence-corrected chi connectivity index (χ0v) is 18.3. The Bertz CT molecular complexity index is 733. The number of hydrogen-bond donors (Lipinski definition) is 1. The molecule has 3 rings (SSSR count). The molecule has 158 valence electrons. The molecule has 2 saturated carbocycles. The highest BCUT2D eigenvalue weighted by molar-refractivity contribution is 7.89. The molecule has 2 aliphatic carbocycles. The summed E-state index contributed by atoms with van der Waals surface area (Å²) in [6, 6.07) is 7.76. The number of ether oxygens (including phenoxy) is 2. The molecule has 1 unspecified atom stereocenters. The van der Waals surface area contributed by atoms with Crippen molar-refractivity contribution in [1.82, 2.24) is 4.72 Å². The van der Waals surface area contributed by atoms with Crippen molar-refractivity contribution in [3.8, 4) is 5.75 Å². The van der Waals surface area contributed by atoms with Crippen molar-refractivity contribution in [3.05, 3.63) is 29.8 Å². The average molecular weight is 410 g/mol. The Hall–Kier alpha value is -1.11. The topological polar surface area (TPSA) is 64.6 Å². The lowest BCUT2D eigenvalue weighted by Crippen LogP contribution is -2.32. The summed E-state index contributed by atoms with van der Waals surface area (Å²) in [5.74, 6) is 2.01. The van der Waals surface area contributed by atoms with E-state index in [1.165, 1.54) is 12.8 Å². The van der Waals surface area contributed by atoms with E-state index in [4.69, 9.17) is 9.47 Å². The Morgan fingerprint density at radius 3 is 2.57 bits per heavy atom. The molecule has 0 heterocycles. The van der Waals surface area contributed by atoms with Crippen LogP contribution in [0, 0.1) is 17.3 Å². The maximum atomic E-state index is 12.6. The highest BCUT2D eigenvalue weighted by atomic mass is 32.2. The van der Waals surface area contributed by atoms with Crippen LogP contribution < -0.4 is 9.46 Å². The minimum Gasteiger partial charge on any atom is -0.493 e. The summed E-state index contributed by atoms with van der Waals surface area (Å²) in [6.07, 6.45) is 5.14. The molecule has 0 bridgehead atoms. The predicted molar refractivity (Wildman–Crippen MR) is 112 cm³/mol. The van der Waals surface area contributed by atoms with Gasteiger partial charge < -0.3 is 9.47 Å². The minimum atomic E-state index is -3.35. The second-order valence-electron chi connectivity index (χ2n) is 9.55. The minimum absolute atomic E-state index is 0.0955. The maximum absolute atomic E-state index is 12.6. The zero-order valence-electron chi connectivity index (χ0n) is 17.4. The number of nitrogens with one attached hydrogen (secondary N) is 1. The van der Waals surface area contributed by atoms with Crippen LogP contribution in [0.15, 0.2) is 24.3 Å². The summed E-state index contributed by atoms with van der Waals surface area (Å²) in [5, 5.41) is 0. The Morgan fingerprint density at radius 2 is 1.93 bits per heavy atom. The fourth-order valence-corrected chi connectivity index (χ4v) is 4.48. The summed E-state index contributed by atoms with van der Waals surface area (Å²) < 4.78 is 39.7. The summed E-state index contributed by atoms with van der Waals surface area (Å²) in [6.45, 7) is 8.18. The van der Waals surface area contributed by atoms with Crippen molar-refractivity contribution < 1.29 is 17.9 Å². The standard InChI is InChI=1S/C22H35NO4S/c1-22(2,3)16-26-12-5-13-28(24,25)23-21(18-10-11-18)19-6-4-7-20(14-19)27-15-17-8-9-17/h4,6-7,14,17-18,21,23H,5,8-13,15-16H2,1-3H3. The van der Waals surface area contributed by atoms with Gasteiger partial charge in [-0.25, -0.2) is 13.1 Å². The number of benzene rings is 1. The fraction of sp³-hybridized carbons (Fsp3) is 0.727. The molecule has 1 aromatic carbocycles. The average Bonchev–Trinajstić information content (AvgIpc) is 3.51. The highest BCUT2D eigenvalue weighted by Gasteiger charge is 2.35. The van der Waals surface area contributed by atoms with Gasteiger partial charge in [-0.3, -0.25) is 0 Å². The third kappa shape index (κ3) is 7.72. The van der Waals surface area contributed by atoms with Crippen LogP contribution in [0.5, 0.6) is 5.75 Å². The summed E-state index contributed by atoms with van der Waals surface area (Å²) in [7, 11) is -3.35. The predicted octanol–water partition coefficient (Wildman–Crippen LogP) is 4.30. The van der Waals surface area contributed by atoms with Crippen molar-refractivity contribution in [2.45, 2.75) is 58.9 Å². The molecule has 5 nitrogen and oxygen atoms in total. The van der Waals surface area contributed by atoms with Crippen LogP contribution >= 0.6 is 0 Å². The van der Waals surface area contributed by atoms with E-state index in [0.29, 0.717) is 31.5 Å². The molecule has 0 spiro atoms. The van der Waals surface area contributed by atoms with E-state index in [9.17, 15) is 8.42 Å². The van der Waals surface area contributed by atoms with Crippen molar-refractivity contribution >= 4 is 10.0 Å². The van der Waals surface area contributed by atoms with E-state index in [-0.39, 0.29) is 17.2 Å². The van der Waals surface area contributed by atoms with Gasteiger partial charge >= 0.3 is 0 Å². The normalized spacial score (nSPS) is 18.8. The van der Waals surface area contributed by atoms with E-state index >= 15 is 0 Å². The van der Waals surface area contributed by atoms with Gasteiger partial charge in [-0.05, 0) is 67.1 Å². The van der Waals surface area contributed by atoms with Crippen LogP contribution in [-0.2, 0) is 14.8 Å². The van der Waals surface area contributed by atoms with Gasteiger partial charge in [0.2, 0.25) is 10.0 Å². The Balaban J connectivity index is 1.52. The largest absolute Gasteiger partial charge is 0.493 e. The van der Waals surface area contributed by atoms with Crippen molar-refractivity contribution in [3.63, 3.8) is 0 Å². The monoisotopic (exact) mass is 409 g/mol. The second kappa shape index (κ2) is 9.14. The summed E-state index contributed by atoms with van der Waals surface area (Å²) in [4.78, 5) is 0. The first-order valence-electron chi connectivity index (χ1n) is 10.5. The lowest BCUT2D eigenvalue weighted by Gasteiger charge is -2.20. The quantitative estimate of drug-likeness (QED) is 0.523. The first-order chi connectivity index (χ1) is 13.2. The summed E-state index contributed by atoms with van der Waals surface area (Å²) >= 11 is 0. The Labute approximate surface area is 170 Å². The molecular weight excluding hydrogens is 374 g/mol. The Kier molecular flexibility index (Phi) is 7.05. The van der Waals surface area contributed by atoms with E-state index in [1.807, 2.05) is 24.3 Å². The molecule has 0 aromatic heterocycles. The van der Waals surface area contributed by atoms with E-state index < -0.39 is 10.0 Å². The number of rotatable bonds is 12. The van der Waals surface area contributed by atoms with Gasteiger partial charge in [0, 0.05) is 12.6 Å². The van der Waals surface area contributed by atoms with Crippen LogP contribution in [0.2, 0.25) is 0 Å². The van der Waals surface area contributed by atoms with E-state index in [1.54, 1.807) is 0 Å². The van der Waals surface area contributed by atoms with Gasteiger partial charge in [0.1, 0.15) is 5.75 Å². The van der Waals surface area contributed by atoms with Crippen LogP contribution in [0.3, 0.4) is 0 Å². The molecule has 0 amide bonds. The van der Waals surface area contributed by atoms with Crippen molar-refractivity contribution in [2.75, 3.05) is 25.6 Å². The molecule has 2 fully saturated rings. The lowest BCUT2D eigenvalue weighted by atomic mass is 9.99. The smallest absolute Gasteiger partial charge is 0.212 e. The molecule has 28 heavy (non-hydrogen) atoms. The lowest BCUT2D eigenvalue weighted by molar-refractivity contribution is 0.0720. The maximum Gasteiger partial charge on any atom is 0.212 e. The van der Waals surface area contributed by atoms with Crippen molar-refractivity contribution in [1.29, 1.82) is 0 Å². The second-order valence-corrected chi connectivity index (χ2v) is 11.4. The van der Waals surface area contributed by atoms with Crippen LogP contribution in [0.25, 0.3) is 0 Å². The highest BCUT2D eigenvalue weighted by Crippen LogP contribution is 2.42. The third-order valence-corrected chi connectivity index (χ3v) is 6.48. The van der Waals surface area contributed by atoms with Gasteiger partial charge in [-0.1, -0.05) is 32.9 Å². The van der Waals surface area contributed by atoms with Gasteiger partial charge in [-0.2, -0.15) is 0 Å². The van der Waals surface area contributed by atoms with E-state index in [2.05, 4.69) is 25.5 Å². The number of hydrogen-bond acceptors (Lipinski definition) is 4. The zero-order chi connectivity index (χ0) is 20.2. The van der Waals surface area contributed by atoms with Gasteiger partial charge in [0.25, 0.3) is 0 Å². The van der Waals surface area contributed by atoms with Crippen LogP contribution in [-0.4, -0.2) is 34.0 Å². The molecule has 1 atom stereocenters. The molecule has 0 aliphatic heterocycles. The molecule has 6 heteroatoms. The Morgan fingerprint density at radius 1 is 1.18 bits per heavy atom. The molecular formula is C22H35NO4S. The first-order valence-corrected chi connectivity index (χ1v) is 12.2.